The third kappa shape index (κ3) is 4.41. The van der Waals surface area contributed by atoms with Crippen LogP contribution in [0.5, 0.6) is 5.75 Å². The van der Waals surface area contributed by atoms with Gasteiger partial charge in [0.25, 0.3) is 0 Å². The number of quaternary nitrogens is 1. The van der Waals surface area contributed by atoms with E-state index in [9.17, 15) is 5.11 Å². The summed E-state index contributed by atoms with van der Waals surface area (Å²) in [7, 11) is 0. The van der Waals surface area contributed by atoms with Crippen molar-refractivity contribution in [1.29, 1.82) is 0 Å². The minimum Gasteiger partial charge on any atom is -1.00 e. The molecular weight excluding hydrogens is 350 g/mol. The normalized spacial score (nSPS) is 21.6. The molecule has 25 heavy (non-hydrogen) atoms. The zero-order chi connectivity index (χ0) is 17.2. The number of fused-ring (bicyclic) bond motifs is 1. The summed E-state index contributed by atoms with van der Waals surface area (Å²) in [5.74, 6) is 1.35. The number of phenolic OH excluding ortho intramolecular Hbond substituents is 1. The summed E-state index contributed by atoms with van der Waals surface area (Å²) in [5, 5.41) is 10.3. The van der Waals surface area contributed by atoms with Gasteiger partial charge in [-0.25, -0.2) is 0 Å². The highest BCUT2D eigenvalue weighted by atomic mass is 35.5. The van der Waals surface area contributed by atoms with Gasteiger partial charge in [0.2, 0.25) is 0 Å². The van der Waals surface area contributed by atoms with E-state index in [-0.39, 0.29) is 17.8 Å². The standard InChI is InChI=1S/C21H25NOS.ClH/c1-21(2)18-14-17(23)11-10-16(18)13-19(20(21)22)24-12-6-9-15-7-4-3-5-8-15;/h3-11,14,19-20,23H,12-13,22H2,1-2H3;1H/b9-6+;. The number of hydrogen-bond acceptors (Lipinski definition) is 2. The molecule has 4 heteroatoms. The van der Waals surface area contributed by atoms with Crippen molar-refractivity contribution in [2.45, 2.75) is 37.0 Å². The molecule has 2 nitrogen and oxygen atoms in total. The van der Waals surface area contributed by atoms with E-state index in [0.29, 0.717) is 17.0 Å². The average molecular weight is 376 g/mol. The Hall–Kier alpha value is -1.42. The molecule has 0 saturated carbocycles. The number of phenols is 1. The molecule has 134 valence electrons. The lowest BCUT2D eigenvalue weighted by molar-refractivity contribution is -0.435. The molecule has 0 radical (unpaired) electrons. The fraction of sp³-hybridized carbons (Fsp3) is 0.333. The Labute approximate surface area is 160 Å². The average Bonchev–Trinajstić information content (AvgIpc) is 2.58. The molecule has 3 rings (SSSR count). The Morgan fingerprint density at radius 3 is 2.64 bits per heavy atom. The molecule has 0 heterocycles. The Morgan fingerprint density at radius 2 is 1.92 bits per heavy atom. The van der Waals surface area contributed by atoms with Crippen LogP contribution >= 0.6 is 11.8 Å². The van der Waals surface area contributed by atoms with Crippen LogP contribution in [0, 0.1) is 0 Å². The molecule has 2 unspecified atom stereocenters. The predicted molar refractivity (Wildman–Crippen MR) is 103 cm³/mol. The second kappa shape index (κ2) is 8.31. The van der Waals surface area contributed by atoms with Crippen LogP contribution in [0.25, 0.3) is 6.08 Å². The molecule has 0 fully saturated rings. The lowest BCUT2D eigenvalue weighted by atomic mass is 9.69. The number of thioether (sulfide) groups is 1. The third-order valence-corrected chi connectivity index (χ3v) is 6.41. The fourth-order valence-corrected chi connectivity index (χ4v) is 4.79. The van der Waals surface area contributed by atoms with Gasteiger partial charge in [-0.3, -0.25) is 0 Å². The van der Waals surface area contributed by atoms with Gasteiger partial charge in [0.15, 0.2) is 0 Å². The molecule has 0 aromatic heterocycles. The third-order valence-electron chi connectivity index (χ3n) is 5.10. The van der Waals surface area contributed by atoms with Gasteiger partial charge in [-0.05, 0) is 35.2 Å². The first-order chi connectivity index (χ1) is 11.5. The molecule has 2 aromatic rings. The van der Waals surface area contributed by atoms with Crippen LogP contribution in [0.1, 0.15) is 30.5 Å². The molecule has 0 saturated heterocycles. The molecule has 0 aliphatic heterocycles. The monoisotopic (exact) mass is 375 g/mol. The lowest BCUT2D eigenvalue weighted by Crippen LogP contribution is -3.00. The van der Waals surface area contributed by atoms with Gasteiger partial charge >= 0.3 is 0 Å². The maximum Gasteiger partial charge on any atom is 0.115 e. The van der Waals surface area contributed by atoms with Gasteiger partial charge in [0.1, 0.15) is 11.8 Å². The van der Waals surface area contributed by atoms with Gasteiger partial charge in [-0.15, -0.1) is 11.8 Å². The van der Waals surface area contributed by atoms with E-state index in [4.69, 9.17) is 0 Å². The first-order valence-corrected chi connectivity index (χ1v) is 9.52. The van der Waals surface area contributed by atoms with E-state index < -0.39 is 0 Å². The molecule has 0 bridgehead atoms. The van der Waals surface area contributed by atoms with Crippen molar-refractivity contribution in [2.24, 2.45) is 0 Å². The van der Waals surface area contributed by atoms with Crippen LogP contribution in [0.3, 0.4) is 0 Å². The maximum absolute atomic E-state index is 9.82. The fourth-order valence-electron chi connectivity index (χ4n) is 3.47. The van der Waals surface area contributed by atoms with Crippen LogP contribution in [0.15, 0.2) is 54.6 Å². The highest BCUT2D eigenvalue weighted by Gasteiger charge is 2.43. The summed E-state index contributed by atoms with van der Waals surface area (Å²) in [6.45, 7) is 4.49. The number of benzene rings is 2. The molecule has 2 atom stereocenters. The summed E-state index contributed by atoms with van der Waals surface area (Å²) >= 11 is 1.98. The van der Waals surface area contributed by atoms with Crippen LogP contribution in [-0.2, 0) is 11.8 Å². The number of aromatic hydroxyl groups is 1. The van der Waals surface area contributed by atoms with E-state index in [1.54, 1.807) is 6.07 Å². The van der Waals surface area contributed by atoms with Crippen molar-refractivity contribution in [2.75, 3.05) is 5.75 Å². The number of halogens is 1. The van der Waals surface area contributed by atoms with E-state index in [1.807, 2.05) is 23.9 Å². The molecule has 0 spiro atoms. The summed E-state index contributed by atoms with van der Waals surface area (Å²) in [6, 6.07) is 16.5. The van der Waals surface area contributed by atoms with Crippen LogP contribution in [-0.4, -0.2) is 22.2 Å². The molecule has 1 aliphatic carbocycles. The SMILES string of the molecule is CC1(C)c2cc(O)ccc2CC(SC/C=C/c2ccccc2)C1[NH3+].[Cl-]. The molecule has 0 amide bonds. The van der Waals surface area contributed by atoms with E-state index in [2.05, 4.69) is 62.1 Å². The van der Waals surface area contributed by atoms with Gasteiger partial charge in [-0.1, -0.05) is 62.4 Å². The van der Waals surface area contributed by atoms with Gasteiger partial charge in [0.05, 0.1) is 5.25 Å². The van der Waals surface area contributed by atoms with Crippen LogP contribution < -0.4 is 18.1 Å². The van der Waals surface area contributed by atoms with E-state index in [0.717, 1.165) is 12.2 Å². The largest absolute Gasteiger partial charge is 1.00 e. The number of rotatable bonds is 4. The Bertz CT molecular complexity index is 730. The number of hydrogen-bond donors (Lipinski definition) is 2. The van der Waals surface area contributed by atoms with Crippen LogP contribution in [0.4, 0.5) is 0 Å². The summed E-state index contributed by atoms with van der Waals surface area (Å²) in [4.78, 5) is 0. The maximum atomic E-state index is 9.82. The summed E-state index contributed by atoms with van der Waals surface area (Å²) in [5.41, 5.74) is 8.29. The van der Waals surface area contributed by atoms with Crippen molar-refractivity contribution in [3.63, 3.8) is 0 Å². The van der Waals surface area contributed by atoms with Gasteiger partial charge < -0.3 is 23.2 Å². The van der Waals surface area contributed by atoms with Crippen molar-refractivity contribution in [3.05, 3.63) is 71.3 Å². The molecule has 1 aliphatic rings. The minimum absolute atomic E-state index is 0. The van der Waals surface area contributed by atoms with Gasteiger partial charge in [-0.2, -0.15) is 0 Å². The topological polar surface area (TPSA) is 47.9 Å². The summed E-state index contributed by atoms with van der Waals surface area (Å²) < 4.78 is 0. The van der Waals surface area contributed by atoms with Crippen molar-refractivity contribution in [3.8, 4) is 5.75 Å². The van der Waals surface area contributed by atoms with E-state index in [1.165, 1.54) is 16.7 Å². The smallest absolute Gasteiger partial charge is 0.115 e. The second-order valence-electron chi connectivity index (χ2n) is 7.06. The first kappa shape index (κ1) is 19.9. The minimum atomic E-state index is -0.0207. The Balaban J connectivity index is 0.00000225. The Kier molecular flexibility index (Phi) is 6.61. The zero-order valence-electron chi connectivity index (χ0n) is 14.8. The van der Waals surface area contributed by atoms with Crippen molar-refractivity contribution < 1.29 is 23.2 Å². The second-order valence-corrected chi connectivity index (χ2v) is 8.33. The zero-order valence-corrected chi connectivity index (χ0v) is 16.4. The Morgan fingerprint density at radius 1 is 1.20 bits per heavy atom. The molecule has 2 aromatic carbocycles. The summed E-state index contributed by atoms with van der Waals surface area (Å²) in [6.07, 6.45) is 5.45. The molecule has 4 N–H and O–H groups in total. The van der Waals surface area contributed by atoms with Crippen molar-refractivity contribution >= 4 is 17.8 Å². The highest BCUT2D eigenvalue weighted by Crippen LogP contribution is 2.40. The van der Waals surface area contributed by atoms with Gasteiger partial charge in [0, 0.05) is 11.2 Å². The highest BCUT2D eigenvalue weighted by molar-refractivity contribution is 8.00. The lowest BCUT2D eigenvalue weighted by Gasteiger charge is -2.40. The predicted octanol–water partition coefficient (Wildman–Crippen LogP) is 0.656. The quantitative estimate of drug-likeness (QED) is 0.824. The van der Waals surface area contributed by atoms with Crippen molar-refractivity contribution in [1.82, 2.24) is 0 Å². The van der Waals surface area contributed by atoms with Crippen LogP contribution in [0.2, 0.25) is 0 Å². The molecular formula is C21H26ClNOS. The van der Waals surface area contributed by atoms with E-state index >= 15 is 0 Å². The first-order valence-electron chi connectivity index (χ1n) is 8.47.